The molecule has 304 valence electrons. The van der Waals surface area contributed by atoms with Gasteiger partial charge in [-0.1, -0.05) is 90.1 Å². The first-order valence-electron chi connectivity index (χ1n) is 20.0. The molecule has 2 aliphatic carbocycles. The molecule has 2 saturated carbocycles. The molecular weight excluding hydrogens is 729 g/mol. The molecule has 3 aromatic rings. The fourth-order valence-corrected chi connectivity index (χ4v) is 9.48. The summed E-state index contributed by atoms with van der Waals surface area (Å²) in [6, 6.07) is 20.3. The molecule has 2 fully saturated rings. The number of nitrogens with two attached hydrogens (primary N) is 1. The van der Waals surface area contributed by atoms with E-state index in [0.29, 0.717) is 10.8 Å². The molecule has 1 amide bonds. The Morgan fingerprint density at radius 1 is 0.800 bits per heavy atom. The van der Waals surface area contributed by atoms with Crippen molar-refractivity contribution >= 4 is 29.4 Å². The van der Waals surface area contributed by atoms with Gasteiger partial charge in [0.25, 0.3) is 0 Å². The predicted octanol–water partition coefficient (Wildman–Crippen LogP) is 9.90. The lowest BCUT2D eigenvalue weighted by atomic mass is 9.74. The number of hydrogen-bond donors (Lipinski definition) is 4. The van der Waals surface area contributed by atoms with Crippen LogP contribution in [0.1, 0.15) is 128 Å². The lowest BCUT2D eigenvalue weighted by Gasteiger charge is -2.43. The highest BCUT2D eigenvalue weighted by atomic mass is 32.2. The standard InChI is InChI=1S/C29H40F2N2O2S.C17H27NS/c1-19(34)33-26(15-20-13-23(30)17-24(31)14-20)27(35)18-32-29(11-9-25(36-5)10-12-29)22-8-6-7-21(16-22)28(2,3)4;1-16(2,3)13-6-5-7-14(12-13)17(18)10-8-15(19-4)9-11-17/h6-8,13-14,16-17,25-27,32,35H,9-12,15,18H2,1-5H3,(H,33,34);5-7,12,15H,8-11,18H2,1-4H3. The van der Waals surface area contributed by atoms with E-state index in [1.54, 1.807) is 0 Å². The van der Waals surface area contributed by atoms with E-state index in [2.05, 4.69) is 113 Å². The van der Waals surface area contributed by atoms with Crippen molar-refractivity contribution in [3.8, 4) is 0 Å². The lowest BCUT2D eigenvalue weighted by Crippen LogP contribution is -2.53. The summed E-state index contributed by atoms with van der Waals surface area (Å²) in [5.74, 6) is -1.66. The van der Waals surface area contributed by atoms with Gasteiger partial charge in [-0.2, -0.15) is 23.5 Å². The van der Waals surface area contributed by atoms with Crippen molar-refractivity contribution in [2.24, 2.45) is 5.73 Å². The van der Waals surface area contributed by atoms with E-state index >= 15 is 0 Å². The molecule has 2 aliphatic rings. The fraction of sp³-hybridized carbons (Fsp3) is 0.587. The van der Waals surface area contributed by atoms with Gasteiger partial charge >= 0.3 is 0 Å². The second-order valence-electron chi connectivity index (χ2n) is 18.0. The second-order valence-corrected chi connectivity index (χ2v) is 20.3. The maximum absolute atomic E-state index is 13.7. The molecule has 0 aliphatic heterocycles. The van der Waals surface area contributed by atoms with E-state index in [1.165, 1.54) is 54.2 Å². The molecule has 2 atom stereocenters. The smallest absolute Gasteiger partial charge is 0.217 e. The molecule has 0 spiro atoms. The summed E-state index contributed by atoms with van der Waals surface area (Å²) < 4.78 is 27.5. The largest absolute Gasteiger partial charge is 0.390 e. The number of carbonyl (C=O) groups is 1. The summed E-state index contributed by atoms with van der Waals surface area (Å²) >= 11 is 3.90. The SMILES string of the molecule is CSC1CCC(N)(c2cccc(C(C)(C)C)c2)CC1.CSC1CCC(NCC(O)C(Cc2cc(F)cc(F)c2)NC(C)=O)(c2cccc(C(C)(C)C)c2)CC1. The molecule has 3 aromatic carbocycles. The third-order valence-electron chi connectivity index (χ3n) is 11.7. The number of benzene rings is 3. The number of halogens is 2. The number of thioether (sulfide) groups is 2. The molecule has 5 N–H and O–H groups in total. The number of carbonyl (C=O) groups excluding carboxylic acids is 1. The average molecular weight is 796 g/mol. The Labute approximate surface area is 339 Å². The fourth-order valence-electron chi connectivity index (χ4n) is 8.07. The van der Waals surface area contributed by atoms with Crippen LogP contribution in [0.15, 0.2) is 66.7 Å². The van der Waals surface area contributed by atoms with Crippen molar-refractivity contribution in [3.05, 3.63) is 106 Å². The van der Waals surface area contributed by atoms with Gasteiger partial charge in [0.2, 0.25) is 5.91 Å². The van der Waals surface area contributed by atoms with Crippen LogP contribution in [-0.4, -0.2) is 52.7 Å². The first-order chi connectivity index (χ1) is 25.8. The number of aliphatic hydroxyl groups excluding tert-OH is 1. The first kappa shape index (κ1) is 45.3. The number of amides is 1. The lowest BCUT2D eigenvalue weighted by molar-refractivity contribution is -0.120. The highest BCUT2D eigenvalue weighted by Gasteiger charge is 2.38. The number of rotatable bonds is 11. The van der Waals surface area contributed by atoms with Crippen LogP contribution in [0, 0.1) is 11.6 Å². The van der Waals surface area contributed by atoms with Gasteiger partial charge in [-0.05, 0) is 121 Å². The molecule has 0 bridgehead atoms. The molecule has 2 unspecified atom stereocenters. The van der Waals surface area contributed by atoms with Crippen LogP contribution in [0.5, 0.6) is 0 Å². The van der Waals surface area contributed by atoms with E-state index in [-0.39, 0.29) is 40.8 Å². The Morgan fingerprint density at radius 2 is 1.27 bits per heavy atom. The van der Waals surface area contributed by atoms with E-state index < -0.39 is 23.8 Å². The minimum absolute atomic E-state index is 0.0178. The second kappa shape index (κ2) is 19.3. The molecule has 0 radical (unpaired) electrons. The topological polar surface area (TPSA) is 87.4 Å². The van der Waals surface area contributed by atoms with Crippen LogP contribution in [-0.2, 0) is 33.1 Å². The van der Waals surface area contributed by atoms with Crippen LogP contribution in [0.2, 0.25) is 0 Å². The van der Waals surface area contributed by atoms with Crippen LogP contribution in [0.25, 0.3) is 0 Å². The van der Waals surface area contributed by atoms with Crippen molar-refractivity contribution < 1.29 is 18.7 Å². The highest BCUT2D eigenvalue weighted by molar-refractivity contribution is 7.99. The van der Waals surface area contributed by atoms with Crippen molar-refractivity contribution in [3.63, 3.8) is 0 Å². The summed E-state index contributed by atoms with van der Waals surface area (Å²) in [6.07, 6.45) is 12.3. The Kier molecular flexibility index (Phi) is 15.9. The summed E-state index contributed by atoms with van der Waals surface area (Å²) in [7, 11) is 0. The molecule has 0 aromatic heterocycles. The van der Waals surface area contributed by atoms with Gasteiger partial charge in [-0.25, -0.2) is 8.78 Å². The van der Waals surface area contributed by atoms with E-state index in [4.69, 9.17) is 5.73 Å². The van der Waals surface area contributed by atoms with Crippen LogP contribution in [0.4, 0.5) is 8.78 Å². The normalized spacial score (nSPS) is 24.3. The van der Waals surface area contributed by atoms with E-state index in [1.807, 2.05) is 23.5 Å². The maximum Gasteiger partial charge on any atom is 0.217 e. The van der Waals surface area contributed by atoms with Gasteiger partial charge in [0.05, 0.1) is 12.1 Å². The quantitative estimate of drug-likeness (QED) is 0.155. The van der Waals surface area contributed by atoms with E-state index in [0.717, 1.165) is 49.8 Å². The molecule has 0 heterocycles. The minimum Gasteiger partial charge on any atom is -0.390 e. The highest BCUT2D eigenvalue weighted by Crippen LogP contribution is 2.42. The third-order valence-corrected chi connectivity index (χ3v) is 14.0. The zero-order chi connectivity index (χ0) is 40.6. The van der Waals surface area contributed by atoms with Gasteiger partial charge in [0, 0.05) is 41.1 Å². The van der Waals surface area contributed by atoms with Crippen LogP contribution in [0.3, 0.4) is 0 Å². The molecule has 5 nitrogen and oxygen atoms in total. The first-order valence-corrected chi connectivity index (χ1v) is 22.6. The Balaban J connectivity index is 0.000000296. The van der Waals surface area contributed by atoms with Crippen molar-refractivity contribution in [2.75, 3.05) is 19.1 Å². The van der Waals surface area contributed by atoms with Gasteiger partial charge in [0.1, 0.15) is 11.6 Å². The Bertz CT molecular complexity index is 1670. The van der Waals surface area contributed by atoms with Gasteiger partial charge in [-0.3, -0.25) is 4.79 Å². The molecule has 9 heteroatoms. The van der Waals surface area contributed by atoms with E-state index in [9.17, 15) is 18.7 Å². The minimum atomic E-state index is -0.943. The monoisotopic (exact) mass is 795 g/mol. The zero-order valence-electron chi connectivity index (χ0n) is 34.7. The summed E-state index contributed by atoms with van der Waals surface area (Å²) in [4.78, 5) is 11.9. The van der Waals surface area contributed by atoms with Gasteiger partial charge < -0.3 is 21.5 Å². The van der Waals surface area contributed by atoms with Crippen LogP contribution < -0.4 is 16.4 Å². The summed E-state index contributed by atoms with van der Waals surface area (Å²) in [5, 5.41) is 19.0. The third kappa shape index (κ3) is 12.8. The predicted molar refractivity (Wildman–Crippen MR) is 231 cm³/mol. The van der Waals surface area contributed by atoms with Crippen molar-refractivity contribution in [1.29, 1.82) is 0 Å². The number of nitrogens with one attached hydrogen (secondary N) is 2. The molecule has 5 rings (SSSR count). The molecule has 55 heavy (non-hydrogen) atoms. The summed E-state index contributed by atoms with van der Waals surface area (Å²) in [6.45, 7) is 15.0. The van der Waals surface area contributed by atoms with Crippen molar-refractivity contribution in [1.82, 2.24) is 10.6 Å². The Hall–Kier alpha value is -2.43. The summed E-state index contributed by atoms with van der Waals surface area (Å²) in [5.41, 5.74) is 12.1. The van der Waals surface area contributed by atoms with Crippen LogP contribution >= 0.6 is 23.5 Å². The van der Waals surface area contributed by atoms with Gasteiger partial charge in [-0.15, -0.1) is 0 Å². The molecular formula is C46H67F2N3O2S2. The average Bonchev–Trinajstić information content (AvgIpc) is 3.13. The van der Waals surface area contributed by atoms with Crippen molar-refractivity contribution in [2.45, 2.75) is 151 Å². The number of hydrogen-bond acceptors (Lipinski definition) is 6. The number of aliphatic hydroxyl groups is 1. The zero-order valence-corrected chi connectivity index (χ0v) is 36.4. The van der Waals surface area contributed by atoms with Gasteiger partial charge in [0.15, 0.2) is 0 Å². The Morgan fingerprint density at radius 3 is 1.75 bits per heavy atom. The molecule has 0 saturated heterocycles. The maximum atomic E-state index is 13.7.